The number of hydrogen-bond donors (Lipinski definition) is 2. The van der Waals surface area contributed by atoms with Crippen molar-refractivity contribution in [1.82, 2.24) is 5.32 Å². The quantitative estimate of drug-likeness (QED) is 0.469. The number of esters is 1. The highest BCUT2D eigenvalue weighted by molar-refractivity contribution is 5.79. The number of nitrogens with two attached hydrogens (primary N) is 1. The molecule has 0 saturated heterocycles. The Morgan fingerprint density at radius 3 is 2.28 bits per heavy atom. The molecule has 5 heteroatoms. The summed E-state index contributed by atoms with van der Waals surface area (Å²) in [4.78, 5) is 23.1. The van der Waals surface area contributed by atoms with Crippen LogP contribution >= 0.6 is 0 Å². The van der Waals surface area contributed by atoms with E-state index in [1.54, 1.807) is 0 Å². The van der Waals surface area contributed by atoms with Gasteiger partial charge in [-0.1, -0.05) is 6.92 Å². The standard InChI is InChI=1S/C20H34N2O3/c1-2-17(19(21)24)22-6-3-4-18(23)25-7-5-20-11-14-8-15(12-20)10-16(9-14)13-20/h14-17,22H,2-13H2,1H3,(H2,21,24)/t14?,15?,16?,17-,20?/m0/s1. The molecule has 0 heterocycles. The van der Waals surface area contributed by atoms with Crippen LogP contribution in [0.1, 0.15) is 71.1 Å². The van der Waals surface area contributed by atoms with Gasteiger partial charge in [-0.2, -0.15) is 0 Å². The Morgan fingerprint density at radius 1 is 1.16 bits per heavy atom. The van der Waals surface area contributed by atoms with Crippen LogP contribution < -0.4 is 11.1 Å². The van der Waals surface area contributed by atoms with E-state index in [4.69, 9.17) is 10.5 Å². The second-order valence-corrected chi connectivity index (χ2v) is 8.81. The first-order valence-corrected chi connectivity index (χ1v) is 10.2. The molecule has 0 aromatic carbocycles. The van der Waals surface area contributed by atoms with Gasteiger partial charge in [0.2, 0.25) is 5.91 Å². The Balaban J connectivity index is 1.30. The number of carbonyl (C=O) groups is 2. The van der Waals surface area contributed by atoms with Crippen molar-refractivity contribution in [3.63, 3.8) is 0 Å². The minimum absolute atomic E-state index is 0.112. The van der Waals surface area contributed by atoms with Crippen LogP contribution in [0.4, 0.5) is 0 Å². The molecule has 4 saturated carbocycles. The predicted octanol–water partition coefficient (Wildman–Crippen LogP) is 2.77. The highest BCUT2D eigenvalue weighted by Gasteiger charge is 2.50. The highest BCUT2D eigenvalue weighted by atomic mass is 16.5. The first-order valence-electron chi connectivity index (χ1n) is 10.2. The molecule has 0 radical (unpaired) electrons. The summed E-state index contributed by atoms with van der Waals surface area (Å²) in [5, 5.41) is 3.09. The molecule has 0 aromatic rings. The van der Waals surface area contributed by atoms with Gasteiger partial charge in [-0.3, -0.25) is 9.59 Å². The summed E-state index contributed by atoms with van der Waals surface area (Å²) in [6.07, 6.45) is 11.3. The minimum Gasteiger partial charge on any atom is -0.466 e. The smallest absolute Gasteiger partial charge is 0.305 e. The Hall–Kier alpha value is -1.10. The predicted molar refractivity (Wildman–Crippen MR) is 96.7 cm³/mol. The summed E-state index contributed by atoms with van der Waals surface area (Å²) in [6, 6.07) is -0.299. The average Bonchev–Trinajstić information content (AvgIpc) is 2.53. The van der Waals surface area contributed by atoms with Crippen molar-refractivity contribution in [1.29, 1.82) is 0 Å². The molecule has 0 aliphatic heterocycles. The van der Waals surface area contributed by atoms with Crippen molar-refractivity contribution >= 4 is 11.9 Å². The zero-order valence-corrected chi connectivity index (χ0v) is 15.6. The number of primary amides is 1. The zero-order valence-electron chi connectivity index (χ0n) is 15.6. The number of nitrogens with one attached hydrogen (secondary N) is 1. The van der Waals surface area contributed by atoms with Crippen LogP contribution in [0.3, 0.4) is 0 Å². The lowest BCUT2D eigenvalue weighted by molar-refractivity contribution is -0.146. The molecule has 0 aromatic heterocycles. The van der Waals surface area contributed by atoms with Crippen LogP contribution in [0.15, 0.2) is 0 Å². The Bertz CT molecular complexity index is 456. The van der Waals surface area contributed by atoms with E-state index >= 15 is 0 Å². The lowest BCUT2D eigenvalue weighted by atomic mass is 9.49. The van der Waals surface area contributed by atoms with Gasteiger partial charge in [-0.05, 0) is 87.5 Å². The van der Waals surface area contributed by atoms with Gasteiger partial charge >= 0.3 is 5.97 Å². The third-order valence-electron chi connectivity index (χ3n) is 6.76. The number of amides is 1. The van der Waals surface area contributed by atoms with E-state index in [9.17, 15) is 9.59 Å². The molecule has 1 amide bonds. The zero-order chi connectivity index (χ0) is 17.9. The maximum atomic E-state index is 11.9. The van der Waals surface area contributed by atoms with Crippen LogP contribution in [0.5, 0.6) is 0 Å². The van der Waals surface area contributed by atoms with Gasteiger partial charge < -0.3 is 15.8 Å². The molecule has 5 nitrogen and oxygen atoms in total. The van der Waals surface area contributed by atoms with Crippen molar-refractivity contribution in [3.05, 3.63) is 0 Å². The Labute approximate surface area is 151 Å². The highest BCUT2D eigenvalue weighted by Crippen LogP contribution is 2.61. The molecule has 0 unspecified atom stereocenters. The number of rotatable bonds is 10. The lowest BCUT2D eigenvalue weighted by Crippen LogP contribution is -2.46. The van der Waals surface area contributed by atoms with Crippen molar-refractivity contribution in [2.75, 3.05) is 13.2 Å². The molecule has 4 rings (SSSR count). The third-order valence-corrected chi connectivity index (χ3v) is 6.76. The second kappa shape index (κ2) is 8.07. The van der Waals surface area contributed by atoms with Crippen LogP contribution in [-0.2, 0) is 14.3 Å². The minimum atomic E-state index is -0.333. The second-order valence-electron chi connectivity index (χ2n) is 8.81. The molecule has 4 bridgehead atoms. The van der Waals surface area contributed by atoms with Gasteiger partial charge in [-0.15, -0.1) is 0 Å². The maximum Gasteiger partial charge on any atom is 0.305 e. The van der Waals surface area contributed by atoms with E-state index in [1.165, 1.54) is 38.5 Å². The molecular formula is C20H34N2O3. The van der Waals surface area contributed by atoms with E-state index in [-0.39, 0.29) is 17.9 Å². The summed E-state index contributed by atoms with van der Waals surface area (Å²) in [5.74, 6) is 2.40. The summed E-state index contributed by atoms with van der Waals surface area (Å²) in [7, 11) is 0. The van der Waals surface area contributed by atoms with Crippen LogP contribution in [0.2, 0.25) is 0 Å². The summed E-state index contributed by atoms with van der Waals surface area (Å²) >= 11 is 0. The van der Waals surface area contributed by atoms with Crippen molar-refractivity contribution in [2.45, 2.75) is 77.2 Å². The van der Waals surface area contributed by atoms with E-state index in [0.717, 1.165) is 24.2 Å². The molecule has 4 aliphatic carbocycles. The Kier molecular flexibility index (Phi) is 6.03. The fourth-order valence-electron chi connectivity index (χ4n) is 6.00. The van der Waals surface area contributed by atoms with Gasteiger partial charge in [-0.25, -0.2) is 0 Å². The molecule has 25 heavy (non-hydrogen) atoms. The topological polar surface area (TPSA) is 81.4 Å². The molecule has 1 atom stereocenters. The monoisotopic (exact) mass is 350 g/mol. The van der Waals surface area contributed by atoms with Crippen LogP contribution in [0, 0.1) is 23.2 Å². The molecule has 142 valence electrons. The van der Waals surface area contributed by atoms with Crippen molar-refractivity contribution in [3.8, 4) is 0 Å². The molecule has 3 N–H and O–H groups in total. The molecule has 4 aliphatic rings. The van der Waals surface area contributed by atoms with E-state index in [2.05, 4.69) is 5.32 Å². The van der Waals surface area contributed by atoms with Crippen molar-refractivity contribution < 1.29 is 14.3 Å². The number of hydrogen-bond acceptors (Lipinski definition) is 4. The van der Waals surface area contributed by atoms with E-state index < -0.39 is 0 Å². The third kappa shape index (κ3) is 4.75. The van der Waals surface area contributed by atoms with Gasteiger partial charge in [0.05, 0.1) is 12.6 Å². The Morgan fingerprint density at radius 2 is 1.76 bits per heavy atom. The van der Waals surface area contributed by atoms with Crippen molar-refractivity contribution in [2.24, 2.45) is 28.9 Å². The molecular weight excluding hydrogens is 316 g/mol. The first-order chi connectivity index (χ1) is 12.0. The molecule has 4 fully saturated rings. The number of ether oxygens (including phenoxy) is 1. The summed E-state index contributed by atoms with van der Waals surface area (Å²) < 4.78 is 5.50. The summed E-state index contributed by atoms with van der Waals surface area (Å²) in [6.45, 7) is 3.12. The largest absolute Gasteiger partial charge is 0.466 e. The lowest BCUT2D eigenvalue weighted by Gasteiger charge is -2.57. The van der Waals surface area contributed by atoms with E-state index in [0.29, 0.717) is 37.8 Å². The normalized spacial score (nSPS) is 34.0. The van der Waals surface area contributed by atoms with Gasteiger partial charge in [0.1, 0.15) is 0 Å². The first kappa shape index (κ1) is 18.7. The van der Waals surface area contributed by atoms with E-state index in [1.807, 2.05) is 6.92 Å². The summed E-state index contributed by atoms with van der Waals surface area (Å²) in [5.41, 5.74) is 5.76. The van der Waals surface area contributed by atoms with Crippen LogP contribution in [0.25, 0.3) is 0 Å². The van der Waals surface area contributed by atoms with Gasteiger partial charge in [0.15, 0.2) is 0 Å². The van der Waals surface area contributed by atoms with Gasteiger partial charge in [0, 0.05) is 6.42 Å². The molecule has 0 spiro atoms. The van der Waals surface area contributed by atoms with Crippen LogP contribution in [-0.4, -0.2) is 31.1 Å². The fraction of sp³-hybridized carbons (Fsp3) is 0.900. The fourth-order valence-corrected chi connectivity index (χ4v) is 6.00. The maximum absolute atomic E-state index is 11.9. The van der Waals surface area contributed by atoms with Gasteiger partial charge in [0.25, 0.3) is 0 Å². The SMILES string of the molecule is CC[C@H](NCCCC(=O)OCCC12CC3CC(CC(C3)C1)C2)C(N)=O. The number of carbonyl (C=O) groups excluding carboxylic acids is 2. The average molecular weight is 351 g/mol.